The van der Waals surface area contributed by atoms with Crippen LogP contribution in [0.15, 0.2) is 0 Å². The highest BCUT2D eigenvalue weighted by Crippen LogP contribution is 2.27. The number of carbonyl (C=O) groups is 2. The lowest BCUT2D eigenvalue weighted by Gasteiger charge is -2.31. The molecule has 2 heterocycles. The highest BCUT2D eigenvalue weighted by atomic mass is 16.2. The van der Waals surface area contributed by atoms with E-state index in [0.717, 1.165) is 37.6 Å². The van der Waals surface area contributed by atoms with Crippen LogP contribution >= 0.6 is 0 Å². The molecule has 3 N–H and O–H groups in total. The van der Waals surface area contributed by atoms with Crippen molar-refractivity contribution in [3.63, 3.8) is 0 Å². The summed E-state index contributed by atoms with van der Waals surface area (Å²) in [6.07, 6.45) is 1.70. The summed E-state index contributed by atoms with van der Waals surface area (Å²) in [4.78, 5) is 26.5. The minimum absolute atomic E-state index is 0.0435. The first kappa shape index (κ1) is 18.2. The minimum atomic E-state index is -0.678. The molecule has 0 spiro atoms. The second kappa shape index (κ2) is 8.09. The molecule has 0 aromatic carbocycles. The molecule has 0 aliphatic carbocycles. The van der Waals surface area contributed by atoms with E-state index in [2.05, 4.69) is 31.9 Å². The maximum absolute atomic E-state index is 12.0. The van der Waals surface area contributed by atoms with Gasteiger partial charge in [-0.2, -0.15) is 0 Å². The van der Waals surface area contributed by atoms with Crippen LogP contribution < -0.4 is 11.1 Å². The van der Waals surface area contributed by atoms with Crippen LogP contribution in [0.1, 0.15) is 37.3 Å². The number of piperidine rings is 1. The molecule has 1 aromatic rings. The zero-order valence-corrected chi connectivity index (χ0v) is 14.7. The van der Waals surface area contributed by atoms with Gasteiger partial charge < -0.3 is 25.4 Å². The lowest BCUT2D eigenvalue weighted by molar-refractivity contribution is -0.131. The molecule has 3 amide bonds. The van der Waals surface area contributed by atoms with E-state index in [9.17, 15) is 9.59 Å². The normalized spacial score (nSPS) is 15.8. The van der Waals surface area contributed by atoms with Gasteiger partial charge in [0.15, 0.2) is 0 Å². The van der Waals surface area contributed by atoms with Crippen molar-refractivity contribution in [2.75, 3.05) is 33.7 Å². The van der Waals surface area contributed by atoms with Crippen LogP contribution in [0, 0.1) is 0 Å². The average molecular weight is 337 g/mol. The van der Waals surface area contributed by atoms with Gasteiger partial charge in [0.1, 0.15) is 11.6 Å². The van der Waals surface area contributed by atoms with Gasteiger partial charge >= 0.3 is 6.03 Å². The number of aromatic nitrogens is 3. The number of nitrogens with two attached hydrogens (primary N) is 1. The number of urea groups is 1. The molecule has 0 atom stereocenters. The fourth-order valence-electron chi connectivity index (χ4n) is 3.06. The van der Waals surface area contributed by atoms with Gasteiger partial charge in [0.25, 0.3) is 0 Å². The number of rotatable bonds is 6. The van der Waals surface area contributed by atoms with Crippen LogP contribution in [0.2, 0.25) is 0 Å². The molecule has 9 heteroatoms. The van der Waals surface area contributed by atoms with Crippen molar-refractivity contribution in [2.45, 2.75) is 38.8 Å². The fourth-order valence-corrected chi connectivity index (χ4v) is 3.06. The molecule has 0 radical (unpaired) electrons. The Labute approximate surface area is 142 Å². The molecule has 1 saturated heterocycles. The predicted octanol–water partition coefficient (Wildman–Crippen LogP) is -0.266. The SMILES string of the molecule is CCn1c(CN(C)C)nnc1C1CCN(C(=O)CNC(N)=O)CC1. The van der Waals surface area contributed by atoms with Crippen molar-refractivity contribution in [1.82, 2.24) is 29.9 Å². The Morgan fingerprint density at radius 2 is 1.96 bits per heavy atom. The zero-order chi connectivity index (χ0) is 17.7. The number of amides is 3. The van der Waals surface area contributed by atoms with E-state index < -0.39 is 6.03 Å². The molecular formula is C15H27N7O2. The van der Waals surface area contributed by atoms with E-state index >= 15 is 0 Å². The first-order valence-corrected chi connectivity index (χ1v) is 8.30. The number of hydrogen-bond acceptors (Lipinski definition) is 5. The molecule has 1 aliphatic rings. The number of likely N-dealkylation sites (tertiary alicyclic amines) is 1. The number of hydrogen-bond donors (Lipinski definition) is 2. The Morgan fingerprint density at radius 1 is 1.29 bits per heavy atom. The van der Waals surface area contributed by atoms with E-state index in [1.807, 2.05) is 14.1 Å². The molecule has 0 bridgehead atoms. The van der Waals surface area contributed by atoms with Gasteiger partial charge in [-0.1, -0.05) is 0 Å². The maximum atomic E-state index is 12.0. The summed E-state index contributed by atoms with van der Waals surface area (Å²) in [5.74, 6) is 2.19. The summed E-state index contributed by atoms with van der Waals surface area (Å²) in [5, 5.41) is 11.1. The molecule has 0 saturated carbocycles. The Bertz CT molecular complexity index is 576. The summed E-state index contributed by atoms with van der Waals surface area (Å²) in [5.41, 5.74) is 4.99. The van der Waals surface area contributed by atoms with E-state index in [1.54, 1.807) is 4.90 Å². The lowest BCUT2D eigenvalue weighted by atomic mass is 9.95. The van der Waals surface area contributed by atoms with Gasteiger partial charge in [0, 0.05) is 25.6 Å². The summed E-state index contributed by atoms with van der Waals surface area (Å²) in [7, 11) is 4.02. The van der Waals surface area contributed by atoms with Crippen molar-refractivity contribution >= 4 is 11.9 Å². The van der Waals surface area contributed by atoms with E-state index in [1.165, 1.54) is 0 Å². The highest BCUT2D eigenvalue weighted by Gasteiger charge is 2.27. The van der Waals surface area contributed by atoms with Gasteiger partial charge in [0.05, 0.1) is 13.1 Å². The molecule has 134 valence electrons. The molecule has 1 aliphatic heterocycles. The predicted molar refractivity (Wildman–Crippen MR) is 89.2 cm³/mol. The Hall–Kier alpha value is -2.16. The zero-order valence-electron chi connectivity index (χ0n) is 14.7. The molecule has 1 fully saturated rings. The van der Waals surface area contributed by atoms with E-state index in [-0.39, 0.29) is 12.5 Å². The number of nitrogens with one attached hydrogen (secondary N) is 1. The van der Waals surface area contributed by atoms with E-state index in [4.69, 9.17) is 5.73 Å². The maximum Gasteiger partial charge on any atom is 0.312 e. The van der Waals surface area contributed by atoms with Gasteiger partial charge in [-0.3, -0.25) is 4.79 Å². The quantitative estimate of drug-likeness (QED) is 0.743. The van der Waals surface area contributed by atoms with Crippen molar-refractivity contribution < 1.29 is 9.59 Å². The van der Waals surface area contributed by atoms with Crippen LogP contribution in [0.25, 0.3) is 0 Å². The van der Waals surface area contributed by atoms with Crippen LogP contribution in [0.3, 0.4) is 0 Å². The molecule has 2 rings (SSSR count). The van der Waals surface area contributed by atoms with Crippen LogP contribution in [-0.2, 0) is 17.9 Å². The van der Waals surface area contributed by atoms with Crippen LogP contribution in [0.4, 0.5) is 4.79 Å². The summed E-state index contributed by atoms with van der Waals surface area (Å²) in [6.45, 7) is 4.97. The van der Waals surface area contributed by atoms with Crippen molar-refractivity contribution in [2.24, 2.45) is 5.73 Å². The second-order valence-corrected chi connectivity index (χ2v) is 6.33. The largest absolute Gasteiger partial charge is 0.352 e. The van der Waals surface area contributed by atoms with Gasteiger partial charge in [-0.25, -0.2) is 4.79 Å². The fraction of sp³-hybridized carbons (Fsp3) is 0.733. The number of carbonyl (C=O) groups excluding carboxylic acids is 2. The second-order valence-electron chi connectivity index (χ2n) is 6.33. The summed E-state index contributed by atoms with van der Waals surface area (Å²) in [6, 6.07) is -0.678. The molecule has 24 heavy (non-hydrogen) atoms. The van der Waals surface area contributed by atoms with Crippen molar-refractivity contribution in [1.29, 1.82) is 0 Å². The smallest absolute Gasteiger partial charge is 0.312 e. The van der Waals surface area contributed by atoms with Crippen molar-refractivity contribution in [3.05, 3.63) is 11.6 Å². The van der Waals surface area contributed by atoms with Crippen LogP contribution in [-0.4, -0.2) is 70.2 Å². The van der Waals surface area contributed by atoms with Gasteiger partial charge in [-0.05, 0) is 33.9 Å². The van der Waals surface area contributed by atoms with Gasteiger partial charge in [0.2, 0.25) is 5.91 Å². The van der Waals surface area contributed by atoms with Gasteiger partial charge in [-0.15, -0.1) is 10.2 Å². The Morgan fingerprint density at radius 3 is 2.50 bits per heavy atom. The third kappa shape index (κ3) is 4.44. The molecule has 0 unspecified atom stereocenters. The standard InChI is InChI=1S/C15H27N7O2/c1-4-22-12(10-20(2)3)18-19-14(22)11-5-7-21(8-6-11)13(23)9-17-15(16)24/h11H,4-10H2,1-3H3,(H3,16,17,24). The third-order valence-electron chi connectivity index (χ3n) is 4.26. The number of primary amides is 1. The summed E-state index contributed by atoms with van der Waals surface area (Å²) >= 11 is 0. The molecule has 9 nitrogen and oxygen atoms in total. The first-order chi connectivity index (χ1) is 11.4. The topological polar surface area (TPSA) is 109 Å². The number of nitrogens with zero attached hydrogens (tertiary/aromatic N) is 5. The van der Waals surface area contributed by atoms with E-state index in [0.29, 0.717) is 19.0 Å². The lowest BCUT2D eigenvalue weighted by Crippen LogP contribution is -2.45. The third-order valence-corrected chi connectivity index (χ3v) is 4.26. The Kier molecular flexibility index (Phi) is 6.13. The molecular weight excluding hydrogens is 310 g/mol. The van der Waals surface area contributed by atoms with Crippen LogP contribution in [0.5, 0.6) is 0 Å². The first-order valence-electron chi connectivity index (χ1n) is 8.30. The minimum Gasteiger partial charge on any atom is -0.352 e. The Balaban J connectivity index is 1.96. The summed E-state index contributed by atoms with van der Waals surface area (Å²) < 4.78 is 2.18. The molecule has 1 aromatic heterocycles. The average Bonchev–Trinajstić information content (AvgIpc) is 2.94. The monoisotopic (exact) mass is 337 g/mol. The van der Waals surface area contributed by atoms with Crippen molar-refractivity contribution in [3.8, 4) is 0 Å². The highest BCUT2D eigenvalue weighted by molar-refractivity contribution is 5.83.